The van der Waals surface area contributed by atoms with Crippen LogP contribution < -0.4 is 0 Å². The van der Waals surface area contributed by atoms with Gasteiger partial charge in [0, 0.05) is 10.0 Å². The molecule has 0 unspecified atom stereocenters. The molecule has 2 aromatic carbocycles. The summed E-state index contributed by atoms with van der Waals surface area (Å²) in [5, 5.41) is -0.507. The number of aromatic nitrogens is 1. The lowest BCUT2D eigenvalue weighted by molar-refractivity contribution is 0.108. The number of halogens is 2. The van der Waals surface area contributed by atoms with E-state index in [1.807, 2.05) is 24.3 Å². The molecule has 1 aromatic heterocycles. The average molecular weight is 337 g/mol. The van der Waals surface area contributed by atoms with E-state index in [-0.39, 0.29) is 0 Å². The van der Waals surface area contributed by atoms with Gasteiger partial charge in [0.1, 0.15) is 5.52 Å². The highest BCUT2D eigenvalue weighted by molar-refractivity contribution is 9.10. The molecule has 1 heterocycles. The van der Waals surface area contributed by atoms with Crippen LogP contribution in [0.5, 0.6) is 0 Å². The van der Waals surface area contributed by atoms with Crippen LogP contribution in [0.3, 0.4) is 0 Å². The van der Waals surface area contributed by atoms with Crippen LogP contribution in [-0.2, 0) is 0 Å². The SMILES string of the molecule is O=C(Cl)c1ccc2oc(-c3ccccc3Br)nc2c1. The standard InChI is InChI=1S/C14H7BrClNO2/c15-10-4-2-1-3-9(10)14-17-11-7-8(13(16)18)5-6-12(11)19-14/h1-7H. The summed E-state index contributed by atoms with van der Waals surface area (Å²) in [5.41, 5.74) is 2.49. The van der Waals surface area contributed by atoms with Crippen LogP contribution in [0.15, 0.2) is 51.4 Å². The highest BCUT2D eigenvalue weighted by atomic mass is 79.9. The van der Waals surface area contributed by atoms with Gasteiger partial charge in [-0.2, -0.15) is 0 Å². The van der Waals surface area contributed by atoms with Crippen molar-refractivity contribution in [3.05, 3.63) is 52.5 Å². The zero-order chi connectivity index (χ0) is 13.4. The van der Waals surface area contributed by atoms with Gasteiger partial charge < -0.3 is 4.42 Å². The molecule has 0 aliphatic heterocycles. The quantitative estimate of drug-likeness (QED) is 0.640. The minimum absolute atomic E-state index is 0.404. The minimum atomic E-state index is -0.507. The topological polar surface area (TPSA) is 43.1 Å². The fraction of sp³-hybridized carbons (Fsp3) is 0. The van der Waals surface area contributed by atoms with Gasteiger partial charge in [0.05, 0.1) is 5.56 Å². The Balaban J connectivity index is 2.17. The largest absolute Gasteiger partial charge is 0.436 e. The van der Waals surface area contributed by atoms with E-state index < -0.39 is 5.24 Å². The van der Waals surface area contributed by atoms with Crippen molar-refractivity contribution in [1.82, 2.24) is 4.98 Å². The van der Waals surface area contributed by atoms with Gasteiger partial charge in [0.15, 0.2) is 5.58 Å². The lowest BCUT2D eigenvalue weighted by atomic mass is 10.2. The smallest absolute Gasteiger partial charge is 0.252 e. The summed E-state index contributed by atoms with van der Waals surface area (Å²) < 4.78 is 6.57. The van der Waals surface area contributed by atoms with Crippen LogP contribution in [0.25, 0.3) is 22.6 Å². The zero-order valence-electron chi connectivity index (χ0n) is 9.56. The molecular formula is C14H7BrClNO2. The van der Waals surface area contributed by atoms with Crippen molar-refractivity contribution in [3.8, 4) is 11.5 Å². The van der Waals surface area contributed by atoms with E-state index >= 15 is 0 Å². The summed E-state index contributed by atoms with van der Waals surface area (Å²) in [6, 6.07) is 12.6. The Morgan fingerprint density at radius 1 is 1.21 bits per heavy atom. The summed E-state index contributed by atoms with van der Waals surface area (Å²) in [6.45, 7) is 0. The molecule has 94 valence electrons. The molecular weight excluding hydrogens is 330 g/mol. The first-order valence-corrected chi connectivity index (χ1v) is 6.67. The molecule has 0 bridgehead atoms. The summed E-state index contributed by atoms with van der Waals surface area (Å²) in [5.74, 6) is 0.502. The fourth-order valence-corrected chi connectivity index (χ4v) is 2.37. The third-order valence-electron chi connectivity index (χ3n) is 2.72. The highest BCUT2D eigenvalue weighted by Gasteiger charge is 2.12. The first kappa shape index (κ1) is 12.4. The number of nitrogens with zero attached hydrogens (tertiary/aromatic N) is 1. The number of carbonyl (C=O) groups is 1. The molecule has 0 aliphatic carbocycles. The van der Waals surface area contributed by atoms with E-state index in [4.69, 9.17) is 16.0 Å². The number of oxazole rings is 1. The number of hydrogen-bond acceptors (Lipinski definition) is 3. The van der Waals surface area contributed by atoms with E-state index in [1.54, 1.807) is 18.2 Å². The molecule has 19 heavy (non-hydrogen) atoms. The van der Waals surface area contributed by atoms with Gasteiger partial charge in [-0.3, -0.25) is 4.79 Å². The summed E-state index contributed by atoms with van der Waals surface area (Å²) in [6.07, 6.45) is 0. The first-order chi connectivity index (χ1) is 9.15. The van der Waals surface area contributed by atoms with Crippen molar-refractivity contribution in [2.75, 3.05) is 0 Å². The molecule has 0 spiro atoms. The molecule has 0 saturated carbocycles. The van der Waals surface area contributed by atoms with Crippen LogP contribution in [0.2, 0.25) is 0 Å². The van der Waals surface area contributed by atoms with Gasteiger partial charge in [-0.25, -0.2) is 4.98 Å². The molecule has 3 aromatic rings. The average Bonchev–Trinajstić information content (AvgIpc) is 2.81. The van der Waals surface area contributed by atoms with Crippen molar-refractivity contribution < 1.29 is 9.21 Å². The molecule has 0 amide bonds. The fourth-order valence-electron chi connectivity index (χ4n) is 1.80. The summed E-state index contributed by atoms with van der Waals surface area (Å²) in [4.78, 5) is 15.5. The number of fused-ring (bicyclic) bond motifs is 1. The number of hydrogen-bond donors (Lipinski definition) is 0. The van der Waals surface area contributed by atoms with Gasteiger partial charge in [0.2, 0.25) is 5.89 Å². The molecule has 3 rings (SSSR count). The van der Waals surface area contributed by atoms with E-state index in [0.717, 1.165) is 10.0 Å². The van der Waals surface area contributed by atoms with Gasteiger partial charge in [0.25, 0.3) is 5.24 Å². The van der Waals surface area contributed by atoms with Crippen molar-refractivity contribution >= 4 is 43.9 Å². The van der Waals surface area contributed by atoms with E-state index in [9.17, 15) is 4.79 Å². The first-order valence-electron chi connectivity index (χ1n) is 5.50. The molecule has 0 aliphatic rings. The normalized spacial score (nSPS) is 10.8. The molecule has 3 nitrogen and oxygen atoms in total. The Labute approximate surface area is 122 Å². The second-order valence-electron chi connectivity index (χ2n) is 3.96. The lowest BCUT2D eigenvalue weighted by Crippen LogP contribution is -1.86. The second kappa shape index (κ2) is 4.79. The Bertz CT molecular complexity index is 782. The van der Waals surface area contributed by atoms with Crippen LogP contribution in [0.4, 0.5) is 0 Å². The monoisotopic (exact) mass is 335 g/mol. The number of rotatable bonds is 2. The van der Waals surface area contributed by atoms with Crippen LogP contribution in [0.1, 0.15) is 10.4 Å². The maximum atomic E-state index is 11.1. The van der Waals surface area contributed by atoms with Crippen molar-refractivity contribution in [2.24, 2.45) is 0 Å². The van der Waals surface area contributed by atoms with Gasteiger partial charge in [-0.1, -0.05) is 12.1 Å². The Morgan fingerprint density at radius 3 is 2.74 bits per heavy atom. The van der Waals surface area contributed by atoms with E-state index in [0.29, 0.717) is 22.6 Å². The second-order valence-corrected chi connectivity index (χ2v) is 5.15. The summed E-state index contributed by atoms with van der Waals surface area (Å²) >= 11 is 8.90. The Hall–Kier alpha value is -1.65. The zero-order valence-corrected chi connectivity index (χ0v) is 11.9. The minimum Gasteiger partial charge on any atom is -0.436 e. The van der Waals surface area contributed by atoms with Crippen molar-refractivity contribution in [1.29, 1.82) is 0 Å². The van der Waals surface area contributed by atoms with E-state index in [1.165, 1.54) is 0 Å². The van der Waals surface area contributed by atoms with E-state index in [2.05, 4.69) is 20.9 Å². The summed E-state index contributed by atoms with van der Waals surface area (Å²) in [7, 11) is 0. The van der Waals surface area contributed by atoms with Crippen molar-refractivity contribution in [2.45, 2.75) is 0 Å². The maximum absolute atomic E-state index is 11.1. The maximum Gasteiger partial charge on any atom is 0.252 e. The molecule has 5 heteroatoms. The molecule has 0 N–H and O–H groups in total. The molecule has 0 atom stereocenters. The predicted octanol–water partition coefficient (Wildman–Crippen LogP) is 4.64. The van der Waals surface area contributed by atoms with Gasteiger partial charge in [-0.15, -0.1) is 0 Å². The van der Waals surface area contributed by atoms with Crippen LogP contribution in [-0.4, -0.2) is 10.2 Å². The third kappa shape index (κ3) is 2.29. The van der Waals surface area contributed by atoms with Crippen LogP contribution >= 0.6 is 27.5 Å². The van der Waals surface area contributed by atoms with Crippen molar-refractivity contribution in [3.63, 3.8) is 0 Å². The van der Waals surface area contributed by atoms with Gasteiger partial charge in [-0.05, 0) is 57.9 Å². The third-order valence-corrected chi connectivity index (χ3v) is 3.63. The Kier molecular flexibility index (Phi) is 3.12. The molecule has 0 radical (unpaired) electrons. The molecule has 0 saturated heterocycles. The highest BCUT2D eigenvalue weighted by Crippen LogP contribution is 2.30. The Morgan fingerprint density at radius 2 is 2.00 bits per heavy atom. The number of carbonyl (C=O) groups excluding carboxylic acids is 1. The van der Waals surface area contributed by atoms with Crippen LogP contribution in [0, 0.1) is 0 Å². The predicted molar refractivity (Wildman–Crippen MR) is 77.3 cm³/mol. The van der Waals surface area contributed by atoms with Gasteiger partial charge >= 0.3 is 0 Å². The lowest BCUT2D eigenvalue weighted by Gasteiger charge is -1.97. The molecule has 0 fully saturated rings. The number of benzene rings is 2.